The van der Waals surface area contributed by atoms with Crippen LogP contribution < -0.4 is 11.1 Å². The number of hydrogen-bond donors (Lipinski definition) is 2. The maximum atomic E-state index is 11.5. The van der Waals surface area contributed by atoms with Crippen LogP contribution in [0.2, 0.25) is 0 Å². The molecule has 0 aliphatic rings. The summed E-state index contributed by atoms with van der Waals surface area (Å²) in [5, 5.41) is 2.96. The quantitative estimate of drug-likeness (QED) is 0.627. The molecular weight excluding hydrogens is 204 g/mol. The van der Waals surface area contributed by atoms with Gasteiger partial charge in [-0.25, -0.2) is 0 Å². The van der Waals surface area contributed by atoms with E-state index in [1.807, 2.05) is 6.92 Å². The molecule has 0 aromatic heterocycles. The fraction of sp³-hybridized carbons (Fsp3) is 0.917. The second kappa shape index (κ2) is 9.60. The summed E-state index contributed by atoms with van der Waals surface area (Å²) in [7, 11) is 1.67. The largest absolute Gasteiger partial charge is 0.385 e. The van der Waals surface area contributed by atoms with E-state index in [1.165, 1.54) is 0 Å². The van der Waals surface area contributed by atoms with Gasteiger partial charge >= 0.3 is 0 Å². The Morgan fingerprint density at radius 2 is 2.00 bits per heavy atom. The Kier molecular flexibility index (Phi) is 9.24. The van der Waals surface area contributed by atoms with Gasteiger partial charge in [-0.15, -0.1) is 0 Å². The van der Waals surface area contributed by atoms with E-state index in [9.17, 15) is 4.79 Å². The molecule has 96 valence electrons. The van der Waals surface area contributed by atoms with Gasteiger partial charge in [0.25, 0.3) is 0 Å². The average molecular weight is 230 g/mol. The summed E-state index contributed by atoms with van der Waals surface area (Å²) < 4.78 is 4.96. The van der Waals surface area contributed by atoms with Crippen LogP contribution in [0.1, 0.15) is 39.5 Å². The molecule has 1 amide bonds. The lowest BCUT2D eigenvalue weighted by Gasteiger charge is -2.14. The van der Waals surface area contributed by atoms with Crippen molar-refractivity contribution in [2.45, 2.75) is 45.6 Å². The zero-order valence-electron chi connectivity index (χ0n) is 10.8. The average Bonchev–Trinajstić information content (AvgIpc) is 2.24. The Hall–Kier alpha value is -0.610. The molecule has 4 heteroatoms. The monoisotopic (exact) mass is 230 g/mol. The van der Waals surface area contributed by atoms with Crippen LogP contribution in [0.15, 0.2) is 0 Å². The van der Waals surface area contributed by atoms with E-state index in [0.29, 0.717) is 25.5 Å². The molecule has 2 unspecified atom stereocenters. The van der Waals surface area contributed by atoms with Gasteiger partial charge in [-0.05, 0) is 38.6 Å². The summed E-state index contributed by atoms with van der Waals surface area (Å²) in [6.07, 6.45) is 3.37. The predicted octanol–water partition coefficient (Wildman–Crippen LogP) is 1.29. The third kappa shape index (κ3) is 8.68. The van der Waals surface area contributed by atoms with Crippen molar-refractivity contribution in [3.8, 4) is 0 Å². The maximum Gasteiger partial charge on any atom is 0.220 e. The van der Waals surface area contributed by atoms with Crippen molar-refractivity contribution >= 4 is 5.91 Å². The number of amides is 1. The molecule has 0 spiro atoms. The van der Waals surface area contributed by atoms with Crippen molar-refractivity contribution in [1.82, 2.24) is 5.32 Å². The van der Waals surface area contributed by atoms with Crippen molar-refractivity contribution in [3.63, 3.8) is 0 Å². The molecule has 0 aromatic carbocycles. The topological polar surface area (TPSA) is 64.3 Å². The Balaban J connectivity index is 3.57. The van der Waals surface area contributed by atoms with Crippen molar-refractivity contribution in [1.29, 1.82) is 0 Å². The lowest BCUT2D eigenvalue weighted by atomic mass is 10.0. The predicted molar refractivity (Wildman–Crippen MR) is 66.2 cm³/mol. The number of hydrogen-bond acceptors (Lipinski definition) is 3. The molecule has 0 radical (unpaired) electrons. The highest BCUT2D eigenvalue weighted by Crippen LogP contribution is 2.08. The molecule has 0 aromatic rings. The Bertz CT molecular complexity index is 186. The molecule has 16 heavy (non-hydrogen) atoms. The third-order valence-corrected chi connectivity index (χ3v) is 2.69. The van der Waals surface area contributed by atoms with Crippen molar-refractivity contribution in [2.75, 3.05) is 20.3 Å². The van der Waals surface area contributed by atoms with Gasteiger partial charge in [0.1, 0.15) is 0 Å². The summed E-state index contributed by atoms with van der Waals surface area (Å²) >= 11 is 0. The number of carbonyl (C=O) groups excluding carboxylic acids is 1. The summed E-state index contributed by atoms with van der Waals surface area (Å²) in [4.78, 5) is 11.5. The van der Waals surface area contributed by atoms with E-state index in [1.54, 1.807) is 7.11 Å². The standard InChI is InChI=1S/C12H26N2O2/c1-10(6-8-13)4-5-12(15)14-11(2)7-9-16-3/h10-11H,4-9,13H2,1-3H3,(H,14,15). The minimum absolute atomic E-state index is 0.132. The van der Waals surface area contributed by atoms with Crippen molar-refractivity contribution in [2.24, 2.45) is 11.7 Å². The van der Waals surface area contributed by atoms with Crippen LogP contribution >= 0.6 is 0 Å². The molecule has 4 nitrogen and oxygen atoms in total. The lowest BCUT2D eigenvalue weighted by molar-refractivity contribution is -0.122. The minimum Gasteiger partial charge on any atom is -0.385 e. The highest BCUT2D eigenvalue weighted by Gasteiger charge is 2.09. The van der Waals surface area contributed by atoms with Crippen LogP contribution in [-0.4, -0.2) is 32.2 Å². The van der Waals surface area contributed by atoms with E-state index in [4.69, 9.17) is 10.5 Å². The van der Waals surface area contributed by atoms with Gasteiger partial charge in [0.05, 0.1) is 0 Å². The van der Waals surface area contributed by atoms with Gasteiger partial charge in [0, 0.05) is 26.2 Å². The second-order valence-electron chi connectivity index (χ2n) is 4.47. The highest BCUT2D eigenvalue weighted by atomic mass is 16.5. The lowest BCUT2D eigenvalue weighted by Crippen LogP contribution is -2.33. The maximum absolute atomic E-state index is 11.5. The Labute approximate surface area is 98.9 Å². The fourth-order valence-corrected chi connectivity index (χ4v) is 1.52. The van der Waals surface area contributed by atoms with Crippen molar-refractivity contribution in [3.05, 3.63) is 0 Å². The number of nitrogens with one attached hydrogen (secondary N) is 1. The van der Waals surface area contributed by atoms with Crippen LogP contribution in [0, 0.1) is 5.92 Å². The van der Waals surface area contributed by atoms with E-state index >= 15 is 0 Å². The summed E-state index contributed by atoms with van der Waals surface area (Å²) in [6, 6.07) is 0.192. The first-order chi connectivity index (χ1) is 7.60. The number of ether oxygens (including phenoxy) is 1. The normalized spacial score (nSPS) is 14.5. The molecule has 0 aliphatic heterocycles. The molecule has 0 saturated carbocycles. The number of rotatable bonds is 9. The first kappa shape index (κ1) is 15.4. The number of carbonyl (C=O) groups is 1. The van der Waals surface area contributed by atoms with E-state index in [-0.39, 0.29) is 11.9 Å². The second-order valence-corrected chi connectivity index (χ2v) is 4.47. The van der Waals surface area contributed by atoms with Crippen LogP contribution in [-0.2, 0) is 9.53 Å². The molecule has 2 atom stereocenters. The fourth-order valence-electron chi connectivity index (χ4n) is 1.52. The van der Waals surface area contributed by atoms with Gasteiger partial charge in [0.15, 0.2) is 0 Å². The first-order valence-corrected chi connectivity index (χ1v) is 6.08. The smallest absolute Gasteiger partial charge is 0.220 e. The summed E-state index contributed by atoms with van der Waals surface area (Å²) in [5.74, 6) is 0.664. The van der Waals surface area contributed by atoms with E-state index in [2.05, 4.69) is 12.2 Å². The van der Waals surface area contributed by atoms with Gasteiger partial charge in [0.2, 0.25) is 5.91 Å². The Morgan fingerprint density at radius 1 is 1.31 bits per heavy atom. The molecule has 0 aliphatic carbocycles. The van der Waals surface area contributed by atoms with Crippen molar-refractivity contribution < 1.29 is 9.53 Å². The SMILES string of the molecule is COCCC(C)NC(=O)CCC(C)CCN. The third-order valence-electron chi connectivity index (χ3n) is 2.69. The molecule has 0 rings (SSSR count). The van der Waals surface area contributed by atoms with Gasteiger partial charge < -0.3 is 15.8 Å². The number of methoxy groups -OCH3 is 1. The minimum atomic E-state index is 0.132. The highest BCUT2D eigenvalue weighted by molar-refractivity contribution is 5.76. The molecule has 0 bridgehead atoms. The molecule has 0 saturated heterocycles. The van der Waals surface area contributed by atoms with Crippen LogP contribution in [0.4, 0.5) is 0 Å². The van der Waals surface area contributed by atoms with Gasteiger partial charge in [-0.2, -0.15) is 0 Å². The zero-order chi connectivity index (χ0) is 12.4. The Morgan fingerprint density at radius 3 is 2.56 bits per heavy atom. The van der Waals surface area contributed by atoms with E-state index < -0.39 is 0 Å². The summed E-state index contributed by atoms with van der Waals surface area (Å²) in [6.45, 7) is 5.52. The van der Waals surface area contributed by atoms with Gasteiger partial charge in [-0.1, -0.05) is 6.92 Å². The number of nitrogens with two attached hydrogens (primary N) is 1. The summed E-state index contributed by atoms with van der Waals surface area (Å²) in [5.41, 5.74) is 5.46. The zero-order valence-corrected chi connectivity index (χ0v) is 10.8. The van der Waals surface area contributed by atoms with E-state index in [0.717, 1.165) is 19.3 Å². The van der Waals surface area contributed by atoms with Gasteiger partial charge in [-0.3, -0.25) is 4.79 Å². The molecular formula is C12H26N2O2. The van der Waals surface area contributed by atoms with Crippen LogP contribution in [0.5, 0.6) is 0 Å². The first-order valence-electron chi connectivity index (χ1n) is 6.08. The molecule has 3 N–H and O–H groups in total. The van der Waals surface area contributed by atoms with Crippen LogP contribution in [0.3, 0.4) is 0 Å². The molecule has 0 fully saturated rings. The van der Waals surface area contributed by atoms with Crippen LogP contribution in [0.25, 0.3) is 0 Å². The molecule has 0 heterocycles.